The molecule has 1 aromatic rings. The average molecular weight is 355 g/mol. The summed E-state index contributed by atoms with van der Waals surface area (Å²) in [6.07, 6.45) is 0. The zero-order valence-electron chi connectivity index (χ0n) is 7.01. The van der Waals surface area contributed by atoms with Crippen molar-refractivity contribution in [1.82, 2.24) is 0 Å². The predicted molar refractivity (Wildman–Crippen MR) is 62.3 cm³/mol. The van der Waals surface area contributed by atoms with Crippen molar-refractivity contribution >= 4 is 44.5 Å². The monoisotopic (exact) mass is 354 g/mol. The van der Waals surface area contributed by atoms with Gasteiger partial charge in [-0.15, -0.1) is 0 Å². The molecular weight excluding hydrogens is 347 g/mol. The van der Waals surface area contributed by atoms with E-state index >= 15 is 0 Å². The second-order valence-corrected chi connectivity index (χ2v) is 4.55. The van der Waals surface area contributed by atoms with Crippen LogP contribution >= 0.6 is 38.5 Å². The molecule has 0 saturated heterocycles. The number of ether oxygens (including phenoxy) is 1. The molecule has 0 N–H and O–H groups in total. The van der Waals surface area contributed by atoms with Crippen LogP contribution < -0.4 is 0 Å². The lowest BCUT2D eigenvalue weighted by molar-refractivity contribution is -0.142. The molecule has 0 spiro atoms. The van der Waals surface area contributed by atoms with Gasteiger partial charge in [-0.25, -0.2) is 0 Å². The highest BCUT2D eigenvalue weighted by Crippen LogP contribution is 2.20. The zero-order chi connectivity index (χ0) is 9.84. The van der Waals surface area contributed by atoms with Crippen molar-refractivity contribution in [3.8, 4) is 0 Å². The number of carbonyl (C=O) groups excluding carboxylic acids is 1. The van der Waals surface area contributed by atoms with Gasteiger partial charge in [0.15, 0.2) is 0 Å². The van der Waals surface area contributed by atoms with E-state index in [9.17, 15) is 4.79 Å². The Kier molecular flexibility index (Phi) is 4.18. The summed E-state index contributed by atoms with van der Waals surface area (Å²) >= 11 is 5.61. The lowest BCUT2D eigenvalue weighted by atomic mass is 10.2. The molecule has 4 heteroatoms. The lowest BCUT2D eigenvalue weighted by Crippen LogP contribution is -1.98. The molecule has 0 bridgehead atoms. The van der Waals surface area contributed by atoms with E-state index in [4.69, 9.17) is 4.74 Å². The van der Waals surface area contributed by atoms with Crippen molar-refractivity contribution in [3.05, 3.63) is 31.8 Å². The number of carbonyl (C=O) groups is 1. The average Bonchev–Trinajstić information content (AvgIpc) is 2.07. The fourth-order valence-electron chi connectivity index (χ4n) is 0.814. The van der Waals surface area contributed by atoms with Crippen molar-refractivity contribution < 1.29 is 9.53 Å². The molecule has 0 aromatic heterocycles. The molecule has 0 heterocycles. The topological polar surface area (TPSA) is 26.3 Å². The fraction of sp³-hybridized carbons (Fsp3) is 0.222. The molecule has 1 aromatic carbocycles. The summed E-state index contributed by atoms with van der Waals surface area (Å²) in [6, 6.07) is 5.85. The van der Waals surface area contributed by atoms with E-state index in [1.807, 2.05) is 18.2 Å². The quantitative estimate of drug-likeness (QED) is 0.602. The highest BCUT2D eigenvalue weighted by Gasteiger charge is 1.99. The minimum absolute atomic E-state index is 0.252. The van der Waals surface area contributed by atoms with Crippen molar-refractivity contribution in [2.45, 2.75) is 13.5 Å². The molecular formula is C9H8BrIO2. The number of halogens is 2. The summed E-state index contributed by atoms with van der Waals surface area (Å²) in [5.74, 6) is -0.252. The van der Waals surface area contributed by atoms with Crippen LogP contribution in [0.3, 0.4) is 0 Å². The van der Waals surface area contributed by atoms with Crippen molar-refractivity contribution in [3.63, 3.8) is 0 Å². The first-order valence-electron chi connectivity index (χ1n) is 3.67. The van der Waals surface area contributed by atoms with Crippen molar-refractivity contribution in [2.24, 2.45) is 0 Å². The summed E-state index contributed by atoms with van der Waals surface area (Å²) in [4.78, 5) is 10.5. The molecule has 70 valence electrons. The molecule has 1 rings (SSSR count). The van der Waals surface area contributed by atoms with Gasteiger partial charge in [0.1, 0.15) is 6.61 Å². The van der Waals surface area contributed by atoms with Gasteiger partial charge in [-0.2, -0.15) is 0 Å². The van der Waals surface area contributed by atoms with Gasteiger partial charge in [-0.1, -0.05) is 6.07 Å². The number of rotatable bonds is 2. The SMILES string of the molecule is CC(=O)OCc1ccc(Br)c(I)c1. The second-order valence-electron chi connectivity index (χ2n) is 2.53. The van der Waals surface area contributed by atoms with Gasteiger partial charge in [-0.05, 0) is 56.2 Å². The molecule has 0 aliphatic carbocycles. The Morgan fingerprint density at radius 3 is 2.85 bits per heavy atom. The number of hydrogen-bond acceptors (Lipinski definition) is 2. The van der Waals surface area contributed by atoms with Gasteiger partial charge in [-0.3, -0.25) is 4.79 Å². The van der Waals surface area contributed by atoms with Crippen LogP contribution in [0.2, 0.25) is 0 Å². The van der Waals surface area contributed by atoms with E-state index in [1.165, 1.54) is 6.92 Å². The molecule has 0 unspecified atom stereocenters. The van der Waals surface area contributed by atoms with Crippen molar-refractivity contribution in [2.75, 3.05) is 0 Å². The summed E-state index contributed by atoms with van der Waals surface area (Å²) in [5, 5.41) is 0. The van der Waals surface area contributed by atoms with Crippen LogP contribution in [0.15, 0.2) is 22.7 Å². The number of benzene rings is 1. The van der Waals surface area contributed by atoms with Crippen LogP contribution in [0, 0.1) is 3.57 Å². The molecule has 0 saturated carbocycles. The predicted octanol–water partition coefficient (Wildman–Crippen LogP) is 3.12. The van der Waals surface area contributed by atoms with Crippen LogP contribution in [0.5, 0.6) is 0 Å². The maximum Gasteiger partial charge on any atom is 0.302 e. The Bertz CT molecular complexity index is 325. The first kappa shape index (κ1) is 11.0. The van der Waals surface area contributed by atoms with Crippen LogP contribution in [0.1, 0.15) is 12.5 Å². The van der Waals surface area contributed by atoms with Gasteiger partial charge in [0, 0.05) is 15.0 Å². The maximum absolute atomic E-state index is 10.5. The van der Waals surface area contributed by atoms with Gasteiger partial charge < -0.3 is 4.74 Å². The largest absolute Gasteiger partial charge is 0.461 e. The Labute approximate surface area is 98.9 Å². The minimum Gasteiger partial charge on any atom is -0.461 e. The summed E-state index contributed by atoms with van der Waals surface area (Å²) in [7, 11) is 0. The summed E-state index contributed by atoms with van der Waals surface area (Å²) in [5.41, 5.74) is 1.00. The van der Waals surface area contributed by atoms with Crippen LogP contribution in [-0.2, 0) is 16.1 Å². The van der Waals surface area contributed by atoms with Gasteiger partial charge in [0.2, 0.25) is 0 Å². The van der Waals surface area contributed by atoms with E-state index < -0.39 is 0 Å². The van der Waals surface area contributed by atoms with E-state index in [0.717, 1.165) is 13.6 Å². The Morgan fingerprint density at radius 1 is 1.62 bits per heavy atom. The van der Waals surface area contributed by atoms with Crippen LogP contribution in [0.25, 0.3) is 0 Å². The maximum atomic E-state index is 10.5. The highest BCUT2D eigenvalue weighted by molar-refractivity contribution is 14.1. The smallest absolute Gasteiger partial charge is 0.302 e. The van der Waals surface area contributed by atoms with Crippen molar-refractivity contribution in [1.29, 1.82) is 0 Å². The lowest BCUT2D eigenvalue weighted by Gasteiger charge is -2.03. The molecule has 2 nitrogen and oxygen atoms in total. The first-order valence-corrected chi connectivity index (χ1v) is 5.54. The molecule has 0 amide bonds. The van der Waals surface area contributed by atoms with E-state index in [2.05, 4.69) is 38.5 Å². The fourth-order valence-corrected chi connectivity index (χ4v) is 1.64. The third kappa shape index (κ3) is 3.64. The number of esters is 1. The van der Waals surface area contributed by atoms with Crippen LogP contribution in [0.4, 0.5) is 0 Å². The first-order chi connectivity index (χ1) is 6.09. The third-order valence-corrected chi connectivity index (χ3v) is 3.75. The van der Waals surface area contributed by atoms with Crippen LogP contribution in [-0.4, -0.2) is 5.97 Å². The van der Waals surface area contributed by atoms with E-state index in [-0.39, 0.29) is 5.97 Å². The normalized spacial score (nSPS) is 9.77. The Morgan fingerprint density at radius 2 is 2.31 bits per heavy atom. The third-order valence-electron chi connectivity index (χ3n) is 1.43. The molecule has 0 aliphatic heterocycles. The Hall–Kier alpha value is -0.100. The van der Waals surface area contributed by atoms with Gasteiger partial charge in [0.25, 0.3) is 0 Å². The molecule has 0 atom stereocenters. The molecule has 13 heavy (non-hydrogen) atoms. The highest BCUT2D eigenvalue weighted by atomic mass is 127. The molecule has 0 radical (unpaired) electrons. The second kappa shape index (κ2) is 4.95. The zero-order valence-corrected chi connectivity index (χ0v) is 10.8. The number of hydrogen-bond donors (Lipinski definition) is 0. The summed E-state index contributed by atoms with van der Waals surface area (Å²) in [6.45, 7) is 1.75. The van der Waals surface area contributed by atoms with E-state index in [0.29, 0.717) is 6.61 Å². The van der Waals surface area contributed by atoms with Gasteiger partial charge >= 0.3 is 5.97 Å². The standard InChI is InChI=1S/C9H8BrIO2/c1-6(12)13-5-7-2-3-8(10)9(11)4-7/h2-4H,5H2,1H3. The van der Waals surface area contributed by atoms with Gasteiger partial charge in [0.05, 0.1) is 0 Å². The molecule has 0 fully saturated rings. The Balaban J connectivity index is 2.68. The summed E-state index contributed by atoms with van der Waals surface area (Å²) < 4.78 is 7.03. The molecule has 0 aliphatic rings. The van der Waals surface area contributed by atoms with E-state index in [1.54, 1.807) is 0 Å². The minimum atomic E-state index is -0.252.